The number of carbonyl (C=O) groups excluding carboxylic acids is 2. The summed E-state index contributed by atoms with van der Waals surface area (Å²) in [6.07, 6.45) is -0.130. The van der Waals surface area contributed by atoms with Crippen LogP contribution in [-0.4, -0.2) is 43.8 Å². The van der Waals surface area contributed by atoms with Crippen LogP contribution < -0.4 is 25.4 Å². The van der Waals surface area contributed by atoms with Crippen molar-refractivity contribution in [2.24, 2.45) is 0 Å². The molecule has 1 aromatic carbocycles. The first kappa shape index (κ1) is 16.1. The number of carbonyl (C=O) groups is 2. The summed E-state index contributed by atoms with van der Waals surface area (Å²) in [6.45, 7) is 5.02. The normalized spacial score (nSPS) is 17.5. The van der Waals surface area contributed by atoms with Crippen LogP contribution in [0.1, 0.15) is 13.8 Å². The molecule has 0 aromatic heterocycles. The maximum atomic E-state index is 11.8. The molecule has 7 nitrogen and oxygen atoms in total. The molecule has 0 saturated carbocycles. The van der Waals surface area contributed by atoms with Gasteiger partial charge in [0.15, 0.2) is 23.6 Å². The van der Waals surface area contributed by atoms with E-state index in [2.05, 4.69) is 10.6 Å². The summed E-state index contributed by atoms with van der Waals surface area (Å²) in [4.78, 5) is 23.1. The summed E-state index contributed by atoms with van der Waals surface area (Å²) in [5.74, 6) is 1.12. The number of hydrogen-bond acceptors (Lipinski definition) is 4. The zero-order valence-electron chi connectivity index (χ0n) is 12.8. The van der Waals surface area contributed by atoms with Gasteiger partial charge >= 0.3 is 6.03 Å². The molecule has 22 heavy (non-hydrogen) atoms. The number of amides is 3. The largest absolute Gasteiger partial charge is 0.486 e. The van der Waals surface area contributed by atoms with Crippen molar-refractivity contribution in [2.45, 2.75) is 26.0 Å². The van der Waals surface area contributed by atoms with E-state index in [1.165, 1.54) is 0 Å². The number of nitrogens with one attached hydrogen (secondary N) is 2. The molecule has 0 unspecified atom stereocenters. The summed E-state index contributed by atoms with van der Waals surface area (Å²) in [5.41, 5.74) is 0. The molecular weight excluding hydrogens is 286 g/mol. The maximum Gasteiger partial charge on any atom is 0.321 e. The van der Waals surface area contributed by atoms with Crippen molar-refractivity contribution in [1.82, 2.24) is 10.6 Å². The molecular formula is C15H22N3O4+. The minimum absolute atomic E-state index is 0.130. The minimum Gasteiger partial charge on any atom is -0.486 e. The van der Waals surface area contributed by atoms with Crippen LogP contribution in [0, 0.1) is 0 Å². The molecule has 1 aliphatic rings. The average Bonchev–Trinajstić information content (AvgIpc) is 2.52. The third-order valence-electron chi connectivity index (χ3n) is 3.31. The molecule has 0 radical (unpaired) electrons. The number of nitrogens with two attached hydrogens (primary N) is 1. The lowest BCUT2D eigenvalue weighted by Crippen LogP contribution is -2.94. The van der Waals surface area contributed by atoms with Gasteiger partial charge in [0.2, 0.25) is 0 Å². The Labute approximate surface area is 129 Å². The molecule has 0 aliphatic carbocycles. The van der Waals surface area contributed by atoms with Crippen molar-refractivity contribution in [3.05, 3.63) is 24.3 Å². The van der Waals surface area contributed by atoms with E-state index in [1.807, 2.05) is 29.6 Å². The highest BCUT2D eigenvalue weighted by molar-refractivity contribution is 5.96. The molecule has 0 saturated heterocycles. The summed E-state index contributed by atoms with van der Waals surface area (Å²) < 4.78 is 11.4. The van der Waals surface area contributed by atoms with Crippen LogP contribution in [0.5, 0.6) is 11.5 Å². The molecule has 0 bridgehead atoms. The molecule has 7 heteroatoms. The van der Waals surface area contributed by atoms with Gasteiger partial charge < -0.3 is 20.1 Å². The molecule has 2 atom stereocenters. The summed E-state index contributed by atoms with van der Waals surface area (Å²) in [6, 6.07) is 6.63. The topological polar surface area (TPSA) is 93.3 Å². The van der Waals surface area contributed by atoms with E-state index in [0.29, 0.717) is 25.4 Å². The van der Waals surface area contributed by atoms with Crippen LogP contribution in [0.4, 0.5) is 4.79 Å². The van der Waals surface area contributed by atoms with Gasteiger partial charge in [-0.15, -0.1) is 0 Å². The number of quaternary nitrogens is 1. The van der Waals surface area contributed by atoms with E-state index in [9.17, 15) is 9.59 Å². The Morgan fingerprint density at radius 2 is 2.09 bits per heavy atom. The lowest BCUT2D eigenvalue weighted by molar-refractivity contribution is -0.678. The standard InChI is InChI=1S/C15H21N3O4/c1-3-16-15(20)18-14(19)10(2)17-8-11-9-21-12-6-4-5-7-13(12)22-11/h4-7,10-11,17H,3,8-9H2,1-2H3,(H2,16,18,19,20)/p+1/t10-,11+/m0/s1. The lowest BCUT2D eigenvalue weighted by Gasteiger charge is -2.26. The van der Waals surface area contributed by atoms with Crippen LogP contribution in [0.3, 0.4) is 0 Å². The zero-order valence-corrected chi connectivity index (χ0v) is 12.8. The third kappa shape index (κ3) is 4.36. The fraction of sp³-hybridized carbons (Fsp3) is 0.467. The second kappa shape index (κ2) is 7.65. The summed E-state index contributed by atoms with van der Waals surface area (Å²) >= 11 is 0. The van der Waals surface area contributed by atoms with Crippen LogP contribution in [0.2, 0.25) is 0 Å². The van der Waals surface area contributed by atoms with Gasteiger partial charge in [0.05, 0.1) is 0 Å². The molecule has 0 fully saturated rings. The Bertz CT molecular complexity index is 535. The molecule has 1 heterocycles. The number of para-hydroxylation sites is 2. The van der Waals surface area contributed by atoms with Crippen molar-refractivity contribution in [1.29, 1.82) is 0 Å². The van der Waals surface area contributed by atoms with E-state index in [4.69, 9.17) is 9.47 Å². The van der Waals surface area contributed by atoms with Crippen LogP contribution in [0.15, 0.2) is 24.3 Å². The highest BCUT2D eigenvalue weighted by Gasteiger charge is 2.25. The Kier molecular flexibility index (Phi) is 5.60. The number of fused-ring (bicyclic) bond motifs is 1. The van der Waals surface area contributed by atoms with Gasteiger partial charge in [-0.3, -0.25) is 10.1 Å². The van der Waals surface area contributed by atoms with Gasteiger partial charge in [-0.2, -0.15) is 0 Å². The van der Waals surface area contributed by atoms with E-state index >= 15 is 0 Å². The Morgan fingerprint density at radius 1 is 1.36 bits per heavy atom. The quantitative estimate of drug-likeness (QED) is 0.691. The van der Waals surface area contributed by atoms with Crippen molar-refractivity contribution >= 4 is 11.9 Å². The number of urea groups is 1. The molecule has 0 spiro atoms. The predicted molar refractivity (Wildman–Crippen MR) is 79.8 cm³/mol. The second-order valence-electron chi connectivity index (χ2n) is 5.11. The predicted octanol–water partition coefficient (Wildman–Crippen LogP) is -0.376. The zero-order chi connectivity index (χ0) is 15.9. The number of imide groups is 1. The number of hydrogen-bond donors (Lipinski definition) is 3. The van der Waals surface area contributed by atoms with Crippen LogP contribution in [-0.2, 0) is 4.79 Å². The van der Waals surface area contributed by atoms with Gasteiger partial charge in [0.25, 0.3) is 5.91 Å². The highest BCUT2D eigenvalue weighted by Crippen LogP contribution is 2.30. The molecule has 120 valence electrons. The van der Waals surface area contributed by atoms with Crippen molar-refractivity contribution < 1.29 is 24.4 Å². The van der Waals surface area contributed by atoms with Crippen molar-refractivity contribution in [2.75, 3.05) is 19.7 Å². The molecule has 1 aliphatic heterocycles. The smallest absolute Gasteiger partial charge is 0.321 e. The van der Waals surface area contributed by atoms with Gasteiger partial charge in [-0.1, -0.05) is 12.1 Å². The van der Waals surface area contributed by atoms with Crippen molar-refractivity contribution in [3.63, 3.8) is 0 Å². The van der Waals surface area contributed by atoms with Crippen molar-refractivity contribution in [3.8, 4) is 11.5 Å². The first-order valence-electron chi connectivity index (χ1n) is 7.40. The van der Waals surface area contributed by atoms with Gasteiger partial charge in [0, 0.05) is 6.54 Å². The van der Waals surface area contributed by atoms with E-state index in [0.717, 1.165) is 5.75 Å². The van der Waals surface area contributed by atoms with Gasteiger partial charge in [-0.05, 0) is 26.0 Å². The van der Waals surface area contributed by atoms with E-state index in [-0.39, 0.29) is 18.1 Å². The molecule has 4 N–H and O–H groups in total. The third-order valence-corrected chi connectivity index (χ3v) is 3.31. The molecule has 2 rings (SSSR count). The minimum atomic E-state index is -0.473. The second-order valence-corrected chi connectivity index (χ2v) is 5.11. The lowest BCUT2D eigenvalue weighted by atomic mass is 10.2. The van der Waals surface area contributed by atoms with E-state index < -0.39 is 6.03 Å². The van der Waals surface area contributed by atoms with Gasteiger partial charge in [0.1, 0.15) is 13.2 Å². The average molecular weight is 308 g/mol. The SMILES string of the molecule is CCNC(=O)NC(=O)[C@H](C)[NH2+]C[C@@H]1COc2ccccc2O1. The monoisotopic (exact) mass is 308 g/mol. The molecule has 1 aromatic rings. The first-order valence-corrected chi connectivity index (χ1v) is 7.40. The Hall–Kier alpha value is -2.28. The summed E-state index contributed by atoms with van der Waals surface area (Å²) in [5, 5.41) is 6.64. The number of benzene rings is 1. The highest BCUT2D eigenvalue weighted by atomic mass is 16.6. The summed E-state index contributed by atoms with van der Waals surface area (Å²) in [7, 11) is 0. The maximum absolute atomic E-state index is 11.8. The van der Waals surface area contributed by atoms with Crippen LogP contribution in [0.25, 0.3) is 0 Å². The number of ether oxygens (including phenoxy) is 2. The van der Waals surface area contributed by atoms with E-state index in [1.54, 1.807) is 13.8 Å². The Balaban J connectivity index is 1.76. The first-order chi connectivity index (χ1) is 10.6. The fourth-order valence-electron chi connectivity index (χ4n) is 2.07. The number of rotatable bonds is 5. The van der Waals surface area contributed by atoms with Gasteiger partial charge in [-0.25, -0.2) is 4.79 Å². The fourth-order valence-corrected chi connectivity index (χ4v) is 2.07. The van der Waals surface area contributed by atoms with Crippen LogP contribution >= 0.6 is 0 Å². The molecule has 3 amide bonds. The Morgan fingerprint density at radius 3 is 2.82 bits per heavy atom.